The van der Waals surface area contributed by atoms with E-state index in [4.69, 9.17) is 4.74 Å². The van der Waals surface area contributed by atoms with Crippen molar-refractivity contribution in [3.8, 4) is 33.6 Å². The lowest BCUT2D eigenvalue weighted by Crippen LogP contribution is -2.51. The van der Waals surface area contributed by atoms with E-state index in [1.165, 1.54) is 14.2 Å². The molecule has 0 bridgehead atoms. The van der Waals surface area contributed by atoms with E-state index in [1.807, 2.05) is 52.0 Å². The van der Waals surface area contributed by atoms with Gasteiger partial charge in [-0.3, -0.25) is 14.5 Å². The number of nitrogens with zero attached hydrogens (tertiary/aromatic N) is 5. The summed E-state index contributed by atoms with van der Waals surface area (Å²) in [7, 11) is 2.73. The highest BCUT2D eigenvalue weighted by Gasteiger charge is 2.40. The van der Waals surface area contributed by atoms with E-state index in [0.29, 0.717) is 18.9 Å². The van der Waals surface area contributed by atoms with Gasteiger partial charge in [-0.2, -0.15) is 0 Å². The van der Waals surface area contributed by atoms with Crippen LogP contribution in [-0.4, -0.2) is 103 Å². The maximum Gasteiger partial charge on any atom is 0.407 e. The maximum atomic E-state index is 13.6. The highest BCUT2D eigenvalue weighted by atomic mass is 16.5. The van der Waals surface area contributed by atoms with Gasteiger partial charge in [-0.25, -0.2) is 19.6 Å². The van der Waals surface area contributed by atoms with Crippen LogP contribution >= 0.6 is 0 Å². The Kier molecular flexibility index (Phi) is 11.4. The molecule has 2 saturated heterocycles. The molecule has 2 aliphatic heterocycles. The SMILES string of the molecule is COC(=O)N[C@H](C(=O)N1CCC[C@H]1c1ncc(-c2ccc(-c3ccc(-c4cnc([C@@H]5CCCN5C(=O)[C@H](C(C)C)N(C)C(=O)O)[nH]4)cc3)cc2)[nH]1)C(C)C. The van der Waals surface area contributed by atoms with Gasteiger partial charge < -0.3 is 34.9 Å². The summed E-state index contributed by atoms with van der Waals surface area (Å²) in [5.74, 6) is 0.793. The van der Waals surface area contributed by atoms with Crippen LogP contribution < -0.4 is 5.32 Å². The average molecular weight is 739 g/mol. The van der Waals surface area contributed by atoms with Crippen molar-refractivity contribution < 1.29 is 29.0 Å². The van der Waals surface area contributed by atoms with E-state index in [0.717, 1.165) is 70.0 Å². The van der Waals surface area contributed by atoms with E-state index in [1.54, 1.807) is 22.2 Å². The number of nitrogens with one attached hydrogen (secondary N) is 3. The first kappa shape index (κ1) is 38.1. The van der Waals surface area contributed by atoms with Crippen molar-refractivity contribution in [3.63, 3.8) is 0 Å². The highest BCUT2D eigenvalue weighted by molar-refractivity contribution is 5.87. The van der Waals surface area contributed by atoms with Gasteiger partial charge in [-0.1, -0.05) is 76.2 Å². The second-order valence-electron chi connectivity index (χ2n) is 14.8. The van der Waals surface area contributed by atoms with Crippen molar-refractivity contribution in [2.75, 3.05) is 27.2 Å². The van der Waals surface area contributed by atoms with E-state index in [-0.39, 0.29) is 35.7 Å². The fourth-order valence-corrected chi connectivity index (χ4v) is 7.68. The monoisotopic (exact) mass is 738 g/mol. The second kappa shape index (κ2) is 16.1. The fraction of sp³-hybridized carbons (Fsp3) is 0.450. The zero-order valence-corrected chi connectivity index (χ0v) is 31.7. The number of aromatic amines is 2. The number of benzene rings is 2. The summed E-state index contributed by atoms with van der Waals surface area (Å²) in [5.41, 5.74) is 5.71. The van der Waals surface area contributed by atoms with Crippen LogP contribution in [0.1, 0.15) is 77.1 Å². The van der Waals surface area contributed by atoms with Crippen LogP contribution in [-0.2, 0) is 14.3 Å². The van der Waals surface area contributed by atoms with Crippen molar-refractivity contribution in [1.29, 1.82) is 0 Å². The van der Waals surface area contributed by atoms with Gasteiger partial charge in [0.15, 0.2) is 0 Å². The Hall–Kier alpha value is -5.66. The maximum absolute atomic E-state index is 13.6. The van der Waals surface area contributed by atoms with Gasteiger partial charge >= 0.3 is 12.2 Å². The fourth-order valence-electron chi connectivity index (χ4n) is 7.68. The van der Waals surface area contributed by atoms with Gasteiger partial charge in [0.1, 0.15) is 23.7 Å². The summed E-state index contributed by atoms with van der Waals surface area (Å²) in [6.07, 6.45) is 5.02. The molecule has 4 atom stereocenters. The molecule has 54 heavy (non-hydrogen) atoms. The molecule has 4 N–H and O–H groups in total. The lowest BCUT2D eigenvalue weighted by Gasteiger charge is -2.33. The minimum atomic E-state index is -1.13. The number of rotatable bonds is 11. The topological polar surface area (TPSA) is 177 Å². The first-order chi connectivity index (χ1) is 25.9. The molecular weight excluding hydrogens is 688 g/mol. The van der Waals surface area contributed by atoms with Gasteiger partial charge in [-0.05, 0) is 59.8 Å². The Morgan fingerprint density at radius 2 is 1.20 bits per heavy atom. The van der Waals surface area contributed by atoms with Gasteiger partial charge in [0.25, 0.3) is 0 Å². The summed E-state index contributed by atoms with van der Waals surface area (Å²) in [5, 5.41) is 12.3. The first-order valence-electron chi connectivity index (χ1n) is 18.6. The molecule has 2 aliphatic rings. The quantitative estimate of drug-likeness (QED) is 0.135. The molecule has 14 nitrogen and oxygen atoms in total. The Labute approximate surface area is 315 Å². The third-order valence-electron chi connectivity index (χ3n) is 10.6. The average Bonchev–Trinajstić information content (AvgIpc) is 4.00. The zero-order chi connectivity index (χ0) is 38.7. The molecule has 4 heterocycles. The summed E-state index contributed by atoms with van der Waals surface area (Å²) in [4.78, 5) is 71.6. The molecule has 4 amide bonds. The van der Waals surface area contributed by atoms with Gasteiger partial charge in [0, 0.05) is 20.1 Å². The third-order valence-corrected chi connectivity index (χ3v) is 10.6. The number of ether oxygens (including phenoxy) is 1. The predicted molar refractivity (Wildman–Crippen MR) is 203 cm³/mol. The van der Waals surface area contributed by atoms with Gasteiger partial charge in [0.05, 0.1) is 43.0 Å². The first-order valence-corrected chi connectivity index (χ1v) is 18.6. The Morgan fingerprint density at radius 3 is 1.61 bits per heavy atom. The normalized spacial score (nSPS) is 18.2. The highest BCUT2D eigenvalue weighted by Crippen LogP contribution is 2.35. The number of H-pyrrole nitrogens is 2. The van der Waals surface area contributed by atoms with Crippen molar-refractivity contribution in [2.24, 2.45) is 11.8 Å². The molecule has 4 aromatic rings. The molecular formula is C40H50N8O6. The van der Waals surface area contributed by atoms with Gasteiger partial charge in [-0.15, -0.1) is 0 Å². The standard InChI is InChI=1S/C40H50N8O6/c1-23(2)33(45-39(51)54-6)37(49)47-19-7-9-31(47)35-41-21-29(43-35)27-15-11-25(12-16-27)26-13-17-28(18-14-26)30-22-42-36(44-30)32-10-8-20-48(32)38(50)34(24(3)4)46(5)40(52)53/h11-18,21-24,31-34H,7-10,19-20H2,1-6H3,(H,41,43)(H,42,44)(H,45,51)(H,52,53)/t31-,32-,33-,34-/m0/s1. The number of likely N-dealkylation sites (N-methyl/N-ethyl adjacent to an activating group) is 1. The number of carbonyl (C=O) groups is 4. The Bertz CT molecular complexity index is 1950. The van der Waals surface area contributed by atoms with Crippen LogP contribution in [0.15, 0.2) is 60.9 Å². The Morgan fingerprint density at radius 1 is 0.759 bits per heavy atom. The number of carbonyl (C=O) groups excluding carboxylic acids is 3. The number of carboxylic acid groups (broad SMARTS) is 1. The molecule has 0 saturated carbocycles. The van der Waals surface area contributed by atoms with Crippen molar-refractivity contribution in [1.82, 2.24) is 40.0 Å². The van der Waals surface area contributed by atoms with E-state index < -0.39 is 24.3 Å². The Balaban J connectivity index is 1.11. The van der Waals surface area contributed by atoms with Crippen LogP contribution in [0.2, 0.25) is 0 Å². The van der Waals surface area contributed by atoms with Crippen LogP contribution in [0.4, 0.5) is 9.59 Å². The number of alkyl carbamates (subject to hydrolysis) is 1. The third kappa shape index (κ3) is 7.82. The molecule has 6 rings (SSSR count). The van der Waals surface area contributed by atoms with Crippen LogP contribution in [0.3, 0.4) is 0 Å². The largest absolute Gasteiger partial charge is 0.465 e. The molecule has 0 spiro atoms. The summed E-state index contributed by atoms with van der Waals surface area (Å²) < 4.78 is 4.75. The minimum absolute atomic E-state index is 0.107. The second-order valence-corrected chi connectivity index (χ2v) is 14.8. The molecule has 2 aromatic carbocycles. The van der Waals surface area contributed by atoms with Crippen LogP contribution in [0.25, 0.3) is 33.6 Å². The molecule has 0 unspecified atom stereocenters. The molecule has 2 fully saturated rings. The number of methoxy groups -OCH3 is 1. The van der Waals surface area contributed by atoms with Crippen molar-refractivity contribution in [2.45, 2.75) is 77.5 Å². The summed E-state index contributed by atoms with van der Waals surface area (Å²) >= 11 is 0. The number of aromatic nitrogens is 4. The smallest absolute Gasteiger partial charge is 0.407 e. The molecule has 0 aliphatic carbocycles. The number of hydrogen-bond acceptors (Lipinski definition) is 7. The van der Waals surface area contributed by atoms with E-state index in [9.17, 15) is 24.3 Å². The summed E-state index contributed by atoms with van der Waals surface area (Å²) in [6, 6.07) is 14.5. The van der Waals surface area contributed by atoms with Gasteiger partial charge in [0.2, 0.25) is 11.8 Å². The molecule has 14 heteroatoms. The van der Waals surface area contributed by atoms with Crippen LogP contribution in [0.5, 0.6) is 0 Å². The predicted octanol–water partition coefficient (Wildman–Crippen LogP) is 6.48. The zero-order valence-electron chi connectivity index (χ0n) is 31.7. The minimum Gasteiger partial charge on any atom is -0.465 e. The van der Waals surface area contributed by atoms with Crippen molar-refractivity contribution >= 4 is 24.0 Å². The number of hydrogen-bond donors (Lipinski definition) is 4. The molecule has 286 valence electrons. The van der Waals surface area contributed by atoms with E-state index >= 15 is 0 Å². The lowest BCUT2D eigenvalue weighted by atomic mass is 10.0. The molecule has 2 aromatic heterocycles. The van der Waals surface area contributed by atoms with E-state index in [2.05, 4.69) is 49.5 Å². The number of likely N-dealkylation sites (tertiary alicyclic amines) is 2. The molecule has 0 radical (unpaired) electrons. The number of imidazole rings is 2. The summed E-state index contributed by atoms with van der Waals surface area (Å²) in [6.45, 7) is 8.66. The lowest BCUT2D eigenvalue weighted by molar-refractivity contribution is -0.138. The van der Waals surface area contributed by atoms with Crippen LogP contribution in [0, 0.1) is 11.8 Å². The van der Waals surface area contributed by atoms with Crippen molar-refractivity contribution in [3.05, 3.63) is 72.6 Å². The number of amides is 4.